The van der Waals surface area contributed by atoms with Crippen molar-refractivity contribution >= 4 is 22.9 Å². The molecule has 0 bridgehead atoms. The second kappa shape index (κ2) is 8.93. The van der Waals surface area contributed by atoms with E-state index in [-0.39, 0.29) is 11.7 Å². The number of fused-ring (bicyclic) bond motifs is 1. The number of rotatable bonds is 5. The number of hydrogen-bond donors (Lipinski definition) is 0. The third kappa shape index (κ3) is 3.85. The van der Waals surface area contributed by atoms with E-state index >= 15 is 0 Å². The van der Waals surface area contributed by atoms with Crippen LogP contribution in [0.15, 0.2) is 48.8 Å². The molecule has 5 rings (SSSR count). The largest absolute Gasteiger partial charge is 0.493 e. The number of nitrogens with zero attached hydrogens (tertiary/aromatic N) is 7. The number of carbonyl (C=O) groups excluding carboxylic acids is 1. The van der Waals surface area contributed by atoms with Crippen molar-refractivity contribution in [1.29, 1.82) is 0 Å². The van der Waals surface area contributed by atoms with E-state index in [0.717, 1.165) is 0 Å². The number of amides is 1. The minimum atomic E-state index is -0.370. The summed E-state index contributed by atoms with van der Waals surface area (Å²) >= 11 is 0. The van der Waals surface area contributed by atoms with Crippen molar-refractivity contribution < 1.29 is 18.7 Å². The fourth-order valence-electron chi connectivity index (χ4n) is 4.02. The predicted octanol–water partition coefficient (Wildman–Crippen LogP) is 2.33. The van der Waals surface area contributed by atoms with Crippen LogP contribution < -0.4 is 14.4 Å². The van der Waals surface area contributed by atoms with Crippen molar-refractivity contribution in [3.63, 3.8) is 0 Å². The maximum Gasteiger partial charge on any atom is 0.254 e. The lowest BCUT2D eigenvalue weighted by atomic mass is 10.1. The van der Waals surface area contributed by atoms with Crippen LogP contribution in [0.5, 0.6) is 11.5 Å². The quantitative estimate of drug-likeness (QED) is 0.445. The summed E-state index contributed by atoms with van der Waals surface area (Å²) in [5, 5.41) is 8.41. The van der Waals surface area contributed by atoms with Gasteiger partial charge >= 0.3 is 0 Å². The first-order valence-corrected chi connectivity index (χ1v) is 10.7. The van der Waals surface area contributed by atoms with E-state index in [2.05, 4.69) is 20.3 Å². The monoisotopic (exact) mass is 463 g/mol. The van der Waals surface area contributed by atoms with Crippen LogP contribution in [0.4, 0.5) is 10.2 Å². The molecule has 4 aromatic rings. The molecule has 3 heterocycles. The maximum atomic E-state index is 13.7. The Morgan fingerprint density at radius 1 is 0.971 bits per heavy atom. The zero-order valence-electron chi connectivity index (χ0n) is 18.7. The lowest BCUT2D eigenvalue weighted by molar-refractivity contribution is 0.0746. The van der Waals surface area contributed by atoms with Gasteiger partial charge in [0, 0.05) is 31.7 Å². The van der Waals surface area contributed by atoms with E-state index in [0.29, 0.717) is 65.9 Å². The van der Waals surface area contributed by atoms with Crippen molar-refractivity contribution in [3.05, 3.63) is 60.2 Å². The molecule has 0 unspecified atom stereocenters. The standard InChI is InChI=1S/C23H22FN7O3/c1-33-18-7-6-15(12-19(18)34-2)23(32)30-10-8-29(9-11-30)21-20-22(26-14-25-21)31(28-27-20)17-5-3-4-16(24)13-17/h3-7,12-14H,8-11H2,1-2H3. The van der Waals surface area contributed by atoms with Gasteiger partial charge in [0.05, 0.1) is 19.9 Å². The Bertz CT molecular complexity index is 1350. The van der Waals surface area contributed by atoms with Crippen LogP contribution in [0.1, 0.15) is 10.4 Å². The highest BCUT2D eigenvalue weighted by atomic mass is 19.1. The summed E-state index contributed by atoms with van der Waals surface area (Å²) in [4.78, 5) is 25.6. The van der Waals surface area contributed by atoms with Crippen LogP contribution in [-0.2, 0) is 0 Å². The summed E-state index contributed by atoms with van der Waals surface area (Å²) in [5.41, 5.74) is 2.07. The van der Waals surface area contributed by atoms with Gasteiger partial charge in [0.2, 0.25) is 0 Å². The third-order valence-corrected chi connectivity index (χ3v) is 5.77. The molecule has 0 saturated carbocycles. The molecule has 0 aliphatic carbocycles. The number of piperazine rings is 1. The van der Waals surface area contributed by atoms with E-state index in [1.807, 2.05) is 4.90 Å². The number of carbonyl (C=O) groups is 1. The molecular formula is C23H22FN7O3. The fraction of sp³-hybridized carbons (Fsp3) is 0.261. The molecule has 174 valence electrons. The number of aromatic nitrogens is 5. The molecular weight excluding hydrogens is 441 g/mol. The van der Waals surface area contributed by atoms with Gasteiger partial charge in [0.25, 0.3) is 5.91 Å². The number of halogens is 1. The van der Waals surface area contributed by atoms with E-state index in [1.165, 1.54) is 30.3 Å². The Morgan fingerprint density at radius 2 is 1.76 bits per heavy atom. The maximum absolute atomic E-state index is 13.7. The van der Waals surface area contributed by atoms with Crippen LogP contribution in [0.2, 0.25) is 0 Å². The highest BCUT2D eigenvalue weighted by Crippen LogP contribution is 2.29. The molecule has 0 radical (unpaired) electrons. The Hall–Kier alpha value is -4.28. The zero-order chi connectivity index (χ0) is 23.7. The summed E-state index contributed by atoms with van der Waals surface area (Å²) in [6, 6.07) is 11.2. The molecule has 1 aliphatic heterocycles. The Kier molecular flexibility index (Phi) is 5.66. The average molecular weight is 463 g/mol. The lowest BCUT2D eigenvalue weighted by Gasteiger charge is -2.35. The Morgan fingerprint density at radius 3 is 2.50 bits per heavy atom. The van der Waals surface area contributed by atoms with Gasteiger partial charge in [-0.05, 0) is 36.4 Å². The Balaban J connectivity index is 1.34. The van der Waals surface area contributed by atoms with Crippen LogP contribution in [0.25, 0.3) is 16.9 Å². The van der Waals surface area contributed by atoms with Gasteiger partial charge in [0.1, 0.15) is 12.1 Å². The van der Waals surface area contributed by atoms with Gasteiger partial charge in [-0.2, -0.15) is 4.68 Å². The van der Waals surface area contributed by atoms with Crippen LogP contribution in [0.3, 0.4) is 0 Å². The minimum absolute atomic E-state index is 0.0783. The molecule has 34 heavy (non-hydrogen) atoms. The molecule has 1 amide bonds. The SMILES string of the molecule is COc1ccc(C(=O)N2CCN(c3ncnc4c3nnn4-c3cccc(F)c3)CC2)cc1OC. The molecule has 0 N–H and O–H groups in total. The molecule has 1 fully saturated rings. The fourth-order valence-corrected chi connectivity index (χ4v) is 4.02. The third-order valence-electron chi connectivity index (χ3n) is 5.77. The first-order chi connectivity index (χ1) is 16.6. The van der Waals surface area contributed by atoms with Crippen molar-refractivity contribution in [3.8, 4) is 17.2 Å². The summed E-state index contributed by atoms with van der Waals surface area (Å²) < 4.78 is 25.7. The van der Waals surface area contributed by atoms with E-state index in [9.17, 15) is 9.18 Å². The molecule has 11 heteroatoms. The first-order valence-electron chi connectivity index (χ1n) is 10.7. The van der Waals surface area contributed by atoms with Gasteiger partial charge in [0.15, 0.2) is 28.5 Å². The number of benzene rings is 2. The van der Waals surface area contributed by atoms with Gasteiger partial charge < -0.3 is 19.3 Å². The summed E-state index contributed by atoms with van der Waals surface area (Å²) in [6.45, 7) is 2.16. The Labute approximate surface area is 194 Å². The molecule has 0 spiro atoms. The van der Waals surface area contributed by atoms with E-state index < -0.39 is 0 Å². The zero-order valence-corrected chi connectivity index (χ0v) is 18.7. The summed E-state index contributed by atoms with van der Waals surface area (Å²) in [5.74, 6) is 1.27. The van der Waals surface area contributed by atoms with Crippen molar-refractivity contribution in [2.45, 2.75) is 0 Å². The smallest absolute Gasteiger partial charge is 0.254 e. The van der Waals surface area contributed by atoms with Gasteiger partial charge in [-0.1, -0.05) is 11.3 Å². The average Bonchev–Trinajstić information content (AvgIpc) is 3.32. The lowest BCUT2D eigenvalue weighted by Crippen LogP contribution is -2.49. The van der Waals surface area contributed by atoms with Crippen LogP contribution >= 0.6 is 0 Å². The van der Waals surface area contributed by atoms with Gasteiger partial charge in [-0.15, -0.1) is 5.10 Å². The number of anilines is 1. The first kappa shape index (κ1) is 21.6. The molecule has 2 aromatic heterocycles. The van der Waals surface area contributed by atoms with Crippen molar-refractivity contribution in [1.82, 2.24) is 29.9 Å². The van der Waals surface area contributed by atoms with E-state index in [4.69, 9.17) is 9.47 Å². The van der Waals surface area contributed by atoms with Crippen molar-refractivity contribution in [2.24, 2.45) is 0 Å². The second-order valence-electron chi connectivity index (χ2n) is 7.70. The number of hydrogen-bond acceptors (Lipinski definition) is 8. The number of methoxy groups -OCH3 is 2. The minimum Gasteiger partial charge on any atom is -0.493 e. The summed E-state index contributed by atoms with van der Waals surface area (Å²) in [6.07, 6.45) is 1.44. The van der Waals surface area contributed by atoms with Gasteiger partial charge in [-0.25, -0.2) is 14.4 Å². The molecule has 0 atom stereocenters. The van der Waals surface area contributed by atoms with Crippen LogP contribution in [-0.4, -0.2) is 76.2 Å². The molecule has 1 aliphatic rings. The summed E-state index contributed by atoms with van der Waals surface area (Å²) in [7, 11) is 3.09. The highest BCUT2D eigenvalue weighted by Gasteiger charge is 2.26. The van der Waals surface area contributed by atoms with Crippen LogP contribution in [0, 0.1) is 5.82 Å². The van der Waals surface area contributed by atoms with Gasteiger partial charge in [-0.3, -0.25) is 4.79 Å². The normalized spacial score (nSPS) is 13.9. The highest BCUT2D eigenvalue weighted by molar-refractivity contribution is 5.95. The predicted molar refractivity (Wildman–Crippen MR) is 122 cm³/mol. The molecule has 1 saturated heterocycles. The molecule has 2 aromatic carbocycles. The second-order valence-corrected chi connectivity index (χ2v) is 7.70. The van der Waals surface area contributed by atoms with Crippen molar-refractivity contribution in [2.75, 3.05) is 45.3 Å². The topological polar surface area (TPSA) is 98.5 Å². The molecule has 10 nitrogen and oxygen atoms in total. The van der Waals surface area contributed by atoms with E-state index in [1.54, 1.807) is 42.3 Å². The number of ether oxygens (including phenoxy) is 2.